The lowest BCUT2D eigenvalue weighted by Crippen LogP contribution is -2.56. The number of aliphatic hydroxyl groups excluding tert-OH is 1. The molecule has 0 unspecified atom stereocenters. The van der Waals surface area contributed by atoms with Gasteiger partial charge in [0.25, 0.3) is 5.91 Å². The number of aromatic nitrogens is 2. The first-order valence-corrected chi connectivity index (χ1v) is 12.1. The molecule has 1 aliphatic heterocycles. The summed E-state index contributed by atoms with van der Waals surface area (Å²) in [5.74, 6) is -1.26. The predicted molar refractivity (Wildman–Crippen MR) is 128 cm³/mol. The topological polar surface area (TPSA) is 87.9 Å². The summed E-state index contributed by atoms with van der Waals surface area (Å²) in [7, 11) is 0. The molecule has 200 valence electrons. The van der Waals surface area contributed by atoms with Crippen LogP contribution < -0.4 is 0 Å². The molecule has 2 aromatic rings. The maximum absolute atomic E-state index is 13.8. The number of halogens is 3. The van der Waals surface area contributed by atoms with E-state index >= 15 is 0 Å². The van der Waals surface area contributed by atoms with Gasteiger partial charge in [-0.15, -0.1) is 0 Å². The van der Waals surface area contributed by atoms with Crippen LogP contribution in [0.4, 0.5) is 18.0 Å². The standard InChI is InChI=1S/C25H35F3N4O4/c1-16(2)11-31(18-10-17(14-33)12-30(13-18)23(35)36-24(3,4)5)22(34)21-29-19-8-6-7-9-20(19)32(21)15-25(26,27)28/h6-9,16-18,33H,10-15H2,1-5H3/t17-,18+/m1/s1. The van der Waals surface area contributed by atoms with Gasteiger partial charge in [0.2, 0.25) is 5.82 Å². The molecule has 2 amide bonds. The Labute approximate surface area is 209 Å². The molecular formula is C25H35F3N4O4. The summed E-state index contributed by atoms with van der Waals surface area (Å²) in [4.78, 5) is 33.9. The van der Waals surface area contributed by atoms with Crippen LogP contribution in [0.15, 0.2) is 24.3 Å². The normalized spacial score (nSPS) is 19.1. The molecule has 0 saturated carbocycles. The number of fused-ring (bicyclic) bond motifs is 1. The van der Waals surface area contributed by atoms with Crippen molar-refractivity contribution in [3.05, 3.63) is 30.1 Å². The number of imidazole rings is 1. The molecule has 36 heavy (non-hydrogen) atoms. The summed E-state index contributed by atoms with van der Waals surface area (Å²) in [6.45, 7) is 8.14. The van der Waals surface area contributed by atoms with Gasteiger partial charge in [0.15, 0.2) is 0 Å². The first kappa shape index (κ1) is 27.8. The number of hydrogen-bond acceptors (Lipinski definition) is 5. The van der Waals surface area contributed by atoms with E-state index in [0.717, 1.165) is 4.57 Å². The third-order valence-electron chi connectivity index (χ3n) is 5.87. The van der Waals surface area contributed by atoms with E-state index in [-0.39, 0.29) is 49.4 Å². The molecule has 0 bridgehead atoms. The number of nitrogens with zero attached hydrogens (tertiary/aromatic N) is 4. The minimum absolute atomic E-state index is 0.00104. The second-order valence-electron chi connectivity index (χ2n) is 10.8. The van der Waals surface area contributed by atoms with Gasteiger partial charge in [-0.05, 0) is 45.2 Å². The average Bonchev–Trinajstić information content (AvgIpc) is 3.12. The molecule has 11 heteroatoms. The zero-order chi connectivity index (χ0) is 26.8. The Morgan fingerprint density at radius 2 is 1.86 bits per heavy atom. The number of amides is 2. The van der Waals surface area contributed by atoms with Crippen molar-refractivity contribution in [2.24, 2.45) is 11.8 Å². The summed E-state index contributed by atoms with van der Waals surface area (Å²) < 4.78 is 46.8. The largest absolute Gasteiger partial charge is 0.444 e. The van der Waals surface area contributed by atoms with Crippen LogP contribution in [0.3, 0.4) is 0 Å². The smallest absolute Gasteiger partial charge is 0.410 e. The number of alkyl halides is 3. The summed E-state index contributed by atoms with van der Waals surface area (Å²) in [6.07, 6.45) is -4.72. The van der Waals surface area contributed by atoms with Crippen molar-refractivity contribution in [1.29, 1.82) is 0 Å². The number of carbonyl (C=O) groups is 2. The van der Waals surface area contributed by atoms with Crippen LogP contribution in [0.1, 0.15) is 51.7 Å². The van der Waals surface area contributed by atoms with E-state index < -0.39 is 36.4 Å². The second kappa shape index (κ2) is 10.7. The van der Waals surface area contributed by atoms with Gasteiger partial charge in [-0.25, -0.2) is 9.78 Å². The van der Waals surface area contributed by atoms with E-state index in [2.05, 4.69) is 4.98 Å². The van der Waals surface area contributed by atoms with Crippen LogP contribution in [-0.2, 0) is 11.3 Å². The van der Waals surface area contributed by atoms with E-state index in [0.29, 0.717) is 11.9 Å². The number of piperidine rings is 1. The van der Waals surface area contributed by atoms with Crippen LogP contribution in [-0.4, -0.2) is 80.5 Å². The highest BCUT2D eigenvalue weighted by molar-refractivity contribution is 5.95. The number of benzene rings is 1. The molecule has 8 nitrogen and oxygen atoms in total. The van der Waals surface area contributed by atoms with Crippen LogP contribution in [0.25, 0.3) is 11.0 Å². The fraction of sp³-hybridized carbons (Fsp3) is 0.640. The SMILES string of the molecule is CC(C)CN(C(=O)c1nc2ccccc2n1CC(F)(F)F)[C@H]1C[C@@H](CO)CN(C(=O)OC(C)(C)C)C1. The summed E-state index contributed by atoms with van der Waals surface area (Å²) in [6, 6.07) is 5.79. The van der Waals surface area contributed by atoms with Crippen LogP contribution in [0.5, 0.6) is 0 Å². The molecule has 1 fully saturated rings. The van der Waals surface area contributed by atoms with Gasteiger partial charge in [0.05, 0.1) is 17.1 Å². The number of para-hydroxylation sites is 2. The molecule has 1 aliphatic rings. The van der Waals surface area contributed by atoms with Crippen molar-refractivity contribution in [3.63, 3.8) is 0 Å². The first-order chi connectivity index (χ1) is 16.7. The molecule has 0 aliphatic carbocycles. The Bertz CT molecular complexity index is 1080. The van der Waals surface area contributed by atoms with Crippen molar-refractivity contribution in [2.45, 2.75) is 65.4 Å². The Hall–Kier alpha value is -2.82. The fourth-order valence-electron chi connectivity index (χ4n) is 4.51. The predicted octanol–water partition coefficient (Wildman–Crippen LogP) is 4.31. The Morgan fingerprint density at radius 1 is 1.19 bits per heavy atom. The first-order valence-electron chi connectivity index (χ1n) is 12.1. The number of aliphatic hydroxyl groups is 1. The zero-order valence-electron chi connectivity index (χ0n) is 21.4. The maximum Gasteiger partial charge on any atom is 0.410 e. The van der Waals surface area contributed by atoms with Crippen molar-refractivity contribution in [2.75, 3.05) is 26.2 Å². The van der Waals surface area contributed by atoms with Gasteiger partial charge < -0.3 is 24.2 Å². The molecule has 1 aromatic heterocycles. The van der Waals surface area contributed by atoms with Crippen LogP contribution in [0, 0.1) is 11.8 Å². The second-order valence-corrected chi connectivity index (χ2v) is 10.8. The molecule has 2 atom stereocenters. The van der Waals surface area contributed by atoms with Crippen molar-refractivity contribution in [3.8, 4) is 0 Å². The average molecular weight is 513 g/mol. The van der Waals surface area contributed by atoms with E-state index in [1.54, 1.807) is 39.0 Å². The monoisotopic (exact) mass is 512 g/mol. The Morgan fingerprint density at radius 3 is 2.44 bits per heavy atom. The van der Waals surface area contributed by atoms with Crippen molar-refractivity contribution in [1.82, 2.24) is 19.4 Å². The third-order valence-corrected chi connectivity index (χ3v) is 5.87. The van der Waals surface area contributed by atoms with E-state index in [9.17, 15) is 27.9 Å². The maximum atomic E-state index is 13.8. The summed E-state index contributed by atoms with van der Waals surface area (Å²) >= 11 is 0. The van der Waals surface area contributed by atoms with Gasteiger partial charge in [0, 0.05) is 32.2 Å². The van der Waals surface area contributed by atoms with Crippen molar-refractivity contribution >= 4 is 23.0 Å². The molecule has 2 heterocycles. The third kappa shape index (κ3) is 6.89. The molecule has 0 radical (unpaired) electrons. The number of rotatable bonds is 6. The van der Waals surface area contributed by atoms with E-state index in [1.165, 1.54) is 15.9 Å². The van der Waals surface area contributed by atoms with Gasteiger partial charge in [-0.2, -0.15) is 13.2 Å². The van der Waals surface area contributed by atoms with Gasteiger partial charge in [-0.3, -0.25) is 4.79 Å². The van der Waals surface area contributed by atoms with Gasteiger partial charge in [-0.1, -0.05) is 26.0 Å². The molecule has 3 rings (SSSR count). The lowest BCUT2D eigenvalue weighted by molar-refractivity contribution is -0.140. The summed E-state index contributed by atoms with van der Waals surface area (Å²) in [5.41, 5.74) is -0.217. The highest BCUT2D eigenvalue weighted by Crippen LogP contribution is 2.28. The Balaban J connectivity index is 2.00. The lowest BCUT2D eigenvalue weighted by atomic mass is 9.93. The van der Waals surface area contributed by atoms with E-state index in [4.69, 9.17) is 4.74 Å². The number of ether oxygens (including phenoxy) is 1. The molecule has 0 spiro atoms. The zero-order valence-corrected chi connectivity index (χ0v) is 21.4. The fourth-order valence-corrected chi connectivity index (χ4v) is 4.51. The highest BCUT2D eigenvalue weighted by Gasteiger charge is 2.39. The minimum atomic E-state index is -4.55. The van der Waals surface area contributed by atoms with Gasteiger partial charge >= 0.3 is 12.3 Å². The molecule has 1 saturated heterocycles. The molecular weight excluding hydrogens is 477 g/mol. The molecule has 1 N–H and O–H groups in total. The quantitative estimate of drug-likeness (QED) is 0.623. The lowest BCUT2D eigenvalue weighted by Gasteiger charge is -2.43. The Kier molecular flexibility index (Phi) is 8.22. The van der Waals surface area contributed by atoms with Crippen molar-refractivity contribution < 1.29 is 32.6 Å². The van der Waals surface area contributed by atoms with Crippen LogP contribution >= 0.6 is 0 Å². The highest BCUT2D eigenvalue weighted by atomic mass is 19.4. The van der Waals surface area contributed by atoms with Crippen LogP contribution in [0.2, 0.25) is 0 Å². The molecule has 1 aromatic carbocycles. The van der Waals surface area contributed by atoms with E-state index in [1.807, 2.05) is 13.8 Å². The minimum Gasteiger partial charge on any atom is -0.444 e. The number of carbonyl (C=O) groups excluding carboxylic acids is 2. The summed E-state index contributed by atoms with van der Waals surface area (Å²) in [5, 5.41) is 9.90. The number of likely N-dealkylation sites (tertiary alicyclic amines) is 1. The number of hydrogen-bond donors (Lipinski definition) is 1. The van der Waals surface area contributed by atoms with Gasteiger partial charge in [0.1, 0.15) is 12.1 Å².